The highest BCUT2D eigenvalue weighted by Crippen LogP contribution is 2.07. The van der Waals surface area contributed by atoms with Crippen LogP contribution < -0.4 is 5.32 Å². The van der Waals surface area contributed by atoms with Gasteiger partial charge in [0.05, 0.1) is 12.6 Å². The third kappa shape index (κ3) is 6.04. The molecule has 134 valence electrons. The van der Waals surface area contributed by atoms with Crippen LogP contribution in [0.5, 0.6) is 0 Å². The van der Waals surface area contributed by atoms with E-state index in [4.69, 9.17) is 4.74 Å². The van der Waals surface area contributed by atoms with Gasteiger partial charge in [0.1, 0.15) is 5.82 Å². The Morgan fingerprint density at radius 3 is 2.80 bits per heavy atom. The minimum Gasteiger partial charge on any atom is -0.383 e. The molecular weight excluding hydrogens is 318 g/mol. The maximum Gasteiger partial charge on any atom is 0.318 e. The molecule has 0 spiro atoms. The monoisotopic (exact) mass is 343 g/mol. The van der Waals surface area contributed by atoms with Gasteiger partial charge in [-0.15, -0.1) is 0 Å². The van der Waals surface area contributed by atoms with Crippen molar-refractivity contribution in [2.45, 2.75) is 19.9 Å². The number of urea groups is 1. The first kappa shape index (κ1) is 18.7. The maximum absolute atomic E-state index is 12.5. The molecule has 0 saturated heterocycles. The fourth-order valence-corrected chi connectivity index (χ4v) is 2.25. The van der Waals surface area contributed by atoms with E-state index in [0.29, 0.717) is 25.5 Å². The second-order valence-electron chi connectivity index (χ2n) is 5.70. The van der Waals surface area contributed by atoms with Crippen LogP contribution in [0.1, 0.15) is 30.2 Å². The van der Waals surface area contributed by atoms with Crippen molar-refractivity contribution >= 4 is 12.1 Å². The Morgan fingerprint density at radius 1 is 1.40 bits per heavy atom. The zero-order chi connectivity index (χ0) is 18.1. The molecule has 1 heterocycles. The van der Waals surface area contributed by atoms with E-state index in [9.17, 15) is 4.79 Å². The van der Waals surface area contributed by atoms with Gasteiger partial charge in [0, 0.05) is 20.2 Å². The first-order valence-corrected chi connectivity index (χ1v) is 8.25. The Balaban J connectivity index is 1.95. The van der Waals surface area contributed by atoms with Gasteiger partial charge in [-0.3, -0.25) is 5.10 Å². The van der Waals surface area contributed by atoms with Crippen LogP contribution in [0.4, 0.5) is 4.79 Å². The number of rotatable bonds is 8. The first-order valence-electron chi connectivity index (χ1n) is 8.25. The van der Waals surface area contributed by atoms with Crippen LogP contribution in [0, 0.1) is 6.92 Å². The summed E-state index contributed by atoms with van der Waals surface area (Å²) in [7, 11) is 1.62. The Labute approximate surface area is 148 Å². The van der Waals surface area contributed by atoms with E-state index in [2.05, 4.69) is 20.5 Å². The van der Waals surface area contributed by atoms with E-state index in [0.717, 1.165) is 11.4 Å². The lowest BCUT2D eigenvalue weighted by atomic mass is 10.2. The predicted octanol–water partition coefficient (Wildman–Crippen LogP) is 2.55. The molecule has 0 bridgehead atoms. The van der Waals surface area contributed by atoms with Crippen LogP contribution in [0.25, 0.3) is 6.08 Å². The molecule has 1 aromatic heterocycles. The largest absolute Gasteiger partial charge is 0.383 e. The number of carbonyl (C=O) groups is 1. The van der Waals surface area contributed by atoms with E-state index < -0.39 is 0 Å². The van der Waals surface area contributed by atoms with Crippen LogP contribution in [-0.4, -0.2) is 52.9 Å². The maximum atomic E-state index is 12.5. The number of ether oxygens (including phenoxy) is 1. The molecule has 0 aliphatic rings. The zero-order valence-electron chi connectivity index (χ0n) is 14.9. The van der Waals surface area contributed by atoms with Crippen molar-refractivity contribution in [2.24, 2.45) is 0 Å². The zero-order valence-corrected chi connectivity index (χ0v) is 14.9. The van der Waals surface area contributed by atoms with Crippen molar-refractivity contribution in [3.05, 3.63) is 53.6 Å². The number of aromatic amines is 1. The van der Waals surface area contributed by atoms with Crippen molar-refractivity contribution in [1.29, 1.82) is 0 Å². The molecule has 2 rings (SSSR count). The predicted molar refractivity (Wildman–Crippen MR) is 97.0 cm³/mol. The van der Waals surface area contributed by atoms with Crippen molar-refractivity contribution in [3.8, 4) is 0 Å². The van der Waals surface area contributed by atoms with Crippen molar-refractivity contribution in [3.63, 3.8) is 0 Å². The normalized spacial score (nSPS) is 12.3. The van der Waals surface area contributed by atoms with Gasteiger partial charge in [-0.05, 0) is 19.4 Å². The molecule has 0 fully saturated rings. The third-order valence-electron chi connectivity index (χ3n) is 3.63. The van der Waals surface area contributed by atoms with Gasteiger partial charge in [-0.2, -0.15) is 5.10 Å². The first-order chi connectivity index (χ1) is 12.1. The second kappa shape index (κ2) is 9.58. The highest BCUT2D eigenvalue weighted by Gasteiger charge is 2.17. The van der Waals surface area contributed by atoms with Crippen molar-refractivity contribution < 1.29 is 9.53 Å². The van der Waals surface area contributed by atoms with E-state index in [1.54, 1.807) is 12.0 Å². The molecule has 0 saturated carbocycles. The van der Waals surface area contributed by atoms with E-state index in [1.165, 1.54) is 0 Å². The summed E-state index contributed by atoms with van der Waals surface area (Å²) in [5.41, 5.74) is 1.10. The molecule has 1 atom stereocenters. The number of hydrogen-bond donors (Lipinski definition) is 2. The quantitative estimate of drug-likeness (QED) is 0.771. The van der Waals surface area contributed by atoms with Crippen LogP contribution >= 0.6 is 0 Å². The molecule has 0 radical (unpaired) electrons. The third-order valence-corrected chi connectivity index (χ3v) is 3.63. The van der Waals surface area contributed by atoms with Crippen LogP contribution in [0.2, 0.25) is 0 Å². The molecule has 0 aliphatic carbocycles. The highest BCUT2D eigenvalue weighted by atomic mass is 16.5. The summed E-state index contributed by atoms with van der Waals surface area (Å²) in [5.74, 6) is 1.29. The summed E-state index contributed by atoms with van der Waals surface area (Å²) in [5, 5.41) is 9.79. The molecule has 7 nitrogen and oxygen atoms in total. The Bertz CT molecular complexity index is 684. The Kier molecular flexibility index (Phi) is 7.16. The lowest BCUT2D eigenvalue weighted by molar-refractivity contribution is 0.152. The van der Waals surface area contributed by atoms with E-state index in [1.807, 2.05) is 56.3 Å². The topological polar surface area (TPSA) is 83.1 Å². The number of hydrogen-bond acceptors (Lipinski definition) is 4. The number of benzene rings is 1. The van der Waals surface area contributed by atoms with Crippen molar-refractivity contribution in [1.82, 2.24) is 25.4 Å². The number of nitrogens with one attached hydrogen (secondary N) is 2. The standard InChI is InChI=1S/C18H25N5O2/c1-14(17-20-15(2)21-22-17)19-18(24)23(12-13-25-3)11-7-10-16-8-5-4-6-9-16/h4-10,14H,11-13H2,1-3H3,(H,19,24)(H,20,21,22)/b10-7+/t14-/m1/s1. The average molecular weight is 343 g/mol. The van der Waals surface area contributed by atoms with Gasteiger partial charge in [0.15, 0.2) is 5.82 Å². The molecule has 2 amide bonds. The lowest BCUT2D eigenvalue weighted by Crippen LogP contribution is -2.42. The molecule has 7 heteroatoms. The molecule has 25 heavy (non-hydrogen) atoms. The minimum absolute atomic E-state index is 0.176. The average Bonchev–Trinajstić information content (AvgIpc) is 3.05. The number of aryl methyl sites for hydroxylation is 1. The smallest absolute Gasteiger partial charge is 0.318 e. The molecule has 1 aromatic carbocycles. The van der Waals surface area contributed by atoms with Crippen LogP contribution in [0.15, 0.2) is 36.4 Å². The number of H-pyrrole nitrogens is 1. The fourth-order valence-electron chi connectivity index (χ4n) is 2.25. The fraction of sp³-hybridized carbons (Fsp3) is 0.389. The number of amides is 2. The highest BCUT2D eigenvalue weighted by molar-refractivity contribution is 5.75. The summed E-state index contributed by atoms with van der Waals surface area (Å²) in [4.78, 5) is 18.5. The van der Waals surface area contributed by atoms with Gasteiger partial charge in [0.25, 0.3) is 0 Å². The molecular formula is C18H25N5O2. The Hall–Kier alpha value is -2.67. The number of carbonyl (C=O) groups excluding carboxylic acids is 1. The van der Waals surface area contributed by atoms with Gasteiger partial charge < -0.3 is 15.0 Å². The molecule has 2 N–H and O–H groups in total. The van der Waals surface area contributed by atoms with E-state index >= 15 is 0 Å². The Morgan fingerprint density at radius 2 is 2.16 bits per heavy atom. The number of methoxy groups -OCH3 is 1. The van der Waals surface area contributed by atoms with Crippen LogP contribution in [0.3, 0.4) is 0 Å². The summed E-state index contributed by atoms with van der Waals surface area (Å²) in [6.45, 7) is 5.14. The number of nitrogens with zero attached hydrogens (tertiary/aromatic N) is 3. The summed E-state index contributed by atoms with van der Waals surface area (Å²) in [6.07, 6.45) is 3.96. The minimum atomic E-state index is -0.277. The van der Waals surface area contributed by atoms with Gasteiger partial charge >= 0.3 is 6.03 Å². The summed E-state index contributed by atoms with van der Waals surface area (Å²) >= 11 is 0. The molecule has 2 aromatic rings. The van der Waals surface area contributed by atoms with Gasteiger partial charge in [-0.25, -0.2) is 9.78 Å². The van der Waals surface area contributed by atoms with Gasteiger partial charge in [0.2, 0.25) is 0 Å². The number of aromatic nitrogens is 3. The molecule has 0 aliphatic heterocycles. The summed E-state index contributed by atoms with van der Waals surface area (Å²) < 4.78 is 5.10. The van der Waals surface area contributed by atoms with Crippen molar-refractivity contribution in [2.75, 3.05) is 26.8 Å². The second-order valence-corrected chi connectivity index (χ2v) is 5.70. The van der Waals surface area contributed by atoms with Crippen LogP contribution in [-0.2, 0) is 4.74 Å². The van der Waals surface area contributed by atoms with Gasteiger partial charge in [-0.1, -0.05) is 42.5 Å². The summed E-state index contributed by atoms with van der Waals surface area (Å²) in [6, 6.07) is 9.52. The molecule has 0 unspecified atom stereocenters. The SMILES string of the molecule is COCCN(C/C=C/c1ccccc1)C(=O)N[C@H](C)c1n[nH]c(C)n1. The van der Waals surface area contributed by atoms with E-state index in [-0.39, 0.29) is 12.1 Å². The lowest BCUT2D eigenvalue weighted by Gasteiger charge is -2.23.